The Kier molecular flexibility index (Phi) is 5.37. The molecule has 5 aromatic rings. The zero-order chi connectivity index (χ0) is 24.9. The van der Waals surface area contributed by atoms with Crippen molar-refractivity contribution in [1.82, 2.24) is 9.88 Å². The maximum Gasteiger partial charge on any atom is 0.140 e. The molecule has 0 saturated carbocycles. The number of fused-ring (bicyclic) bond motifs is 7. The molecule has 3 aliphatic rings. The van der Waals surface area contributed by atoms with Crippen LogP contribution >= 0.6 is 0 Å². The molecule has 37 heavy (non-hydrogen) atoms. The monoisotopic (exact) mass is 486 g/mol. The first-order valence-electron chi connectivity index (χ1n) is 13.2. The number of phenols is 1. The summed E-state index contributed by atoms with van der Waals surface area (Å²) in [5.41, 5.74) is 1.94. The quantitative estimate of drug-likeness (QED) is 0.210. The van der Waals surface area contributed by atoms with Crippen LogP contribution in [0.4, 0.5) is 0 Å². The van der Waals surface area contributed by atoms with Crippen LogP contribution in [0.15, 0.2) is 97.7 Å². The second kappa shape index (κ2) is 8.89. The van der Waals surface area contributed by atoms with Crippen molar-refractivity contribution < 1.29 is 9.84 Å². The number of hydrogen-bond acceptors (Lipinski definition) is 4. The summed E-state index contributed by atoms with van der Waals surface area (Å²) < 4.78 is 7.15. The van der Waals surface area contributed by atoms with Gasteiger partial charge in [-0.3, -0.25) is 9.88 Å². The molecule has 4 aromatic carbocycles. The number of pyridine rings is 1. The Morgan fingerprint density at radius 2 is 1.76 bits per heavy atom. The highest BCUT2D eigenvalue weighted by atomic mass is 16.5. The van der Waals surface area contributed by atoms with Gasteiger partial charge in [0, 0.05) is 29.1 Å². The average Bonchev–Trinajstić information content (AvgIpc) is 2.96. The molecule has 3 aliphatic heterocycles. The second-order valence-electron chi connectivity index (χ2n) is 10.5. The predicted octanol–water partition coefficient (Wildman–Crippen LogP) is 7.26. The van der Waals surface area contributed by atoms with Crippen molar-refractivity contribution in [3.05, 3.63) is 103 Å². The molecule has 1 unspecified atom stereocenters. The molecule has 4 heteroatoms. The zero-order valence-corrected chi connectivity index (χ0v) is 20.8. The molecule has 0 spiro atoms. The summed E-state index contributed by atoms with van der Waals surface area (Å²) in [5, 5.41) is 16.0. The van der Waals surface area contributed by atoms with E-state index in [0.717, 1.165) is 47.1 Å². The summed E-state index contributed by atoms with van der Waals surface area (Å²) in [6.45, 7) is 6.21. The van der Waals surface area contributed by atoms with Gasteiger partial charge in [-0.15, -0.1) is 6.58 Å². The first-order chi connectivity index (χ1) is 18.2. The molecule has 3 saturated heterocycles. The zero-order valence-electron chi connectivity index (χ0n) is 20.8. The Morgan fingerprint density at radius 1 is 0.946 bits per heavy atom. The molecule has 1 N–H and O–H groups in total. The molecular formula is C33H30N2O2. The van der Waals surface area contributed by atoms with E-state index in [0.29, 0.717) is 11.8 Å². The van der Waals surface area contributed by atoms with Gasteiger partial charge in [0.2, 0.25) is 0 Å². The van der Waals surface area contributed by atoms with Crippen molar-refractivity contribution in [1.29, 1.82) is 0 Å². The molecular weight excluding hydrogens is 456 g/mol. The van der Waals surface area contributed by atoms with E-state index in [2.05, 4.69) is 83.2 Å². The maximum atomic E-state index is 10.4. The van der Waals surface area contributed by atoms with E-state index >= 15 is 0 Å². The van der Waals surface area contributed by atoms with Gasteiger partial charge in [-0.1, -0.05) is 54.6 Å². The minimum Gasteiger partial charge on any atom is -0.508 e. The van der Waals surface area contributed by atoms with Crippen LogP contribution in [0.5, 0.6) is 11.5 Å². The molecule has 4 heterocycles. The molecule has 1 aromatic heterocycles. The van der Waals surface area contributed by atoms with E-state index < -0.39 is 0 Å². The number of ether oxygens (including phenoxy) is 1. The number of benzene rings is 4. The molecule has 0 aliphatic carbocycles. The first-order valence-corrected chi connectivity index (χ1v) is 13.2. The predicted molar refractivity (Wildman–Crippen MR) is 150 cm³/mol. The molecule has 8 rings (SSSR count). The lowest BCUT2D eigenvalue weighted by Crippen LogP contribution is -2.55. The molecule has 4 nitrogen and oxygen atoms in total. The number of aromatic hydroxyl groups is 1. The Labute approximate surface area is 216 Å². The molecule has 0 amide bonds. The Morgan fingerprint density at radius 3 is 2.57 bits per heavy atom. The van der Waals surface area contributed by atoms with Crippen LogP contribution in [-0.4, -0.2) is 34.1 Å². The van der Waals surface area contributed by atoms with Gasteiger partial charge in [-0.25, -0.2) is 0 Å². The maximum absolute atomic E-state index is 10.4. The second-order valence-corrected chi connectivity index (χ2v) is 10.5. The highest BCUT2D eigenvalue weighted by Gasteiger charge is 2.44. The van der Waals surface area contributed by atoms with Gasteiger partial charge in [-0.05, 0) is 77.7 Å². The largest absolute Gasteiger partial charge is 0.508 e. The SMILES string of the molecule is C=C[C@H]1CN2CC[C@@H]1C[C@@H]2[C@@H](Oc1cc2ccccc2c2ccccc12)c1ccnc2ccc(O)cc12. The van der Waals surface area contributed by atoms with Crippen molar-refractivity contribution >= 4 is 32.4 Å². The average molecular weight is 487 g/mol. The van der Waals surface area contributed by atoms with E-state index in [1.165, 1.54) is 22.6 Å². The third kappa shape index (κ3) is 3.75. The number of phenolic OH excluding ortho intramolecular Hbond substituents is 1. The third-order valence-corrected chi connectivity index (χ3v) is 8.55. The minimum atomic E-state index is -0.203. The molecule has 2 bridgehead atoms. The lowest BCUT2D eigenvalue weighted by atomic mass is 9.73. The van der Waals surface area contributed by atoms with Crippen molar-refractivity contribution in [2.45, 2.75) is 25.0 Å². The fourth-order valence-corrected chi connectivity index (χ4v) is 6.70. The lowest BCUT2D eigenvalue weighted by molar-refractivity contribution is -0.0352. The minimum absolute atomic E-state index is 0.203. The van der Waals surface area contributed by atoms with E-state index in [-0.39, 0.29) is 17.9 Å². The number of aromatic nitrogens is 1. The summed E-state index contributed by atoms with van der Waals surface area (Å²) >= 11 is 0. The number of hydrogen-bond donors (Lipinski definition) is 1. The van der Waals surface area contributed by atoms with Gasteiger partial charge in [0.05, 0.1) is 11.6 Å². The van der Waals surface area contributed by atoms with Crippen LogP contribution in [0.2, 0.25) is 0 Å². The number of piperidine rings is 3. The van der Waals surface area contributed by atoms with Gasteiger partial charge in [0.1, 0.15) is 17.6 Å². The lowest BCUT2D eigenvalue weighted by Gasteiger charge is -2.51. The van der Waals surface area contributed by atoms with Crippen LogP contribution in [0.25, 0.3) is 32.4 Å². The van der Waals surface area contributed by atoms with E-state index in [9.17, 15) is 5.11 Å². The Bertz CT molecular complexity index is 1640. The van der Waals surface area contributed by atoms with Gasteiger partial charge < -0.3 is 9.84 Å². The molecule has 0 radical (unpaired) electrons. The summed E-state index contributed by atoms with van der Waals surface area (Å²) in [6, 6.07) is 26.9. The van der Waals surface area contributed by atoms with Gasteiger partial charge >= 0.3 is 0 Å². The number of nitrogens with zero attached hydrogens (tertiary/aromatic N) is 2. The van der Waals surface area contributed by atoms with Crippen LogP contribution < -0.4 is 4.74 Å². The fraction of sp³-hybridized carbons (Fsp3) is 0.242. The van der Waals surface area contributed by atoms with Crippen molar-refractivity contribution in [3.63, 3.8) is 0 Å². The first kappa shape index (κ1) is 22.3. The molecule has 184 valence electrons. The third-order valence-electron chi connectivity index (χ3n) is 8.55. The van der Waals surface area contributed by atoms with E-state index in [4.69, 9.17) is 4.74 Å². The standard InChI is InChI=1S/C33H30N2O2/c1-2-21-20-35-16-14-22(21)17-31(35)33(28-13-15-34-30-12-11-24(36)19-29(28)30)37-32-18-23-7-3-4-8-25(23)26-9-5-6-10-27(26)32/h2-13,15,18-19,21-22,31,33,36H,1,14,16-17,20H2/t21-,22+,31+,33-/m0/s1. The Hall–Kier alpha value is -3.89. The summed E-state index contributed by atoms with van der Waals surface area (Å²) in [4.78, 5) is 7.18. The summed E-state index contributed by atoms with van der Waals surface area (Å²) in [6.07, 6.45) is 6.07. The van der Waals surface area contributed by atoms with Crippen LogP contribution in [0.3, 0.4) is 0 Å². The van der Waals surface area contributed by atoms with E-state index in [1.807, 2.05) is 18.3 Å². The summed E-state index contributed by atoms with van der Waals surface area (Å²) in [5.74, 6) is 2.29. The normalized spacial score (nSPS) is 23.9. The smallest absolute Gasteiger partial charge is 0.140 e. The highest BCUT2D eigenvalue weighted by molar-refractivity contribution is 6.10. The van der Waals surface area contributed by atoms with Crippen molar-refractivity contribution in [2.75, 3.05) is 13.1 Å². The van der Waals surface area contributed by atoms with Crippen LogP contribution in [0, 0.1) is 11.8 Å². The van der Waals surface area contributed by atoms with Crippen LogP contribution in [-0.2, 0) is 0 Å². The topological polar surface area (TPSA) is 45.6 Å². The van der Waals surface area contributed by atoms with Crippen LogP contribution in [0.1, 0.15) is 24.5 Å². The van der Waals surface area contributed by atoms with Gasteiger partial charge in [-0.2, -0.15) is 0 Å². The van der Waals surface area contributed by atoms with Crippen molar-refractivity contribution in [3.8, 4) is 11.5 Å². The van der Waals surface area contributed by atoms with Gasteiger partial charge in [0.25, 0.3) is 0 Å². The fourth-order valence-electron chi connectivity index (χ4n) is 6.70. The van der Waals surface area contributed by atoms with Gasteiger partial charge in [0.15, 0.2) is 0 Å². The Balaban J connectivity index is 1.41. The number of rotatable bonds is 5. The van der Waals surface area contributed by atoms with Crippen molar-refractivity contribution in [2.24, 2.45) is 11.8 Å². The molecule has 3 fully saturated rings. The molecule has 5 atom stereocenters. The highest BCUT2D eigenvalue weighted by Crippen LogP contribution is 2.45. The van der Waals surface area contributed by atoms with E-state index in [1.54, 1.807) is 6.07 Å². The summed E-state index contributed by atoms with van der Waals surface area (Å²) in [7, 11) is 0.